The van der Waals surface area contributed by atoms with Gasteiger partial charge < -0.3 is 0 Å². The molecule has 0 bridgehead atoms. The van der Waals surface area contributed by atoms with Crippen LogP contribution in [0.15, 0.2) is 133 Å². The van der Waals surface area contributed by atoms with Gasteiger partial charge in [0, 0.05) is 61.6 Å². The number of ketones is 4. The molecule has 0 heterocycles. The van der Waals surface area contributed by atoms with Gasteiger partial charge in [-0.25, -0.2) is 0 Å². The van der Waals surface area contributed by atoms with Gasteiger partial charge in [0.05, 0.1) is 0 Å². The molecule has 0 saturated carbocycles. The molecule has 4 nitrogen and oxygen atoms in total. The minimum absolute atomic E-state index is 0. The molecule has 0 N–H and O–H groups in total. The Balaban J connectivity index is 0.000000161. The molecule has 0 spiro atoms. The molecule has 0 amide bonds. The Morgan fingerprint density at radius 2 is 0.660 bits per heavy atom. The summed E-state index contributed by atoms with van der Waals surface area (Å²) in [6.45, 7) is 0. The van der Waals surface area contributed by atoms with Crippen LogP contribution in [0, 0.1) is 0 Å². The molecule has 228 valence electrons. The normalized spacial score (nSPS) is 12.9. The standard InChI is InChI=1S/2C21H13O2.Fe/c2*22-20-16-7-3-4-8-17(16)21(23)19-13-15(11-12-18(19)20)10-9-14-5-1-2-6-14;/h2*1-13H;/q2*-1;. The van der Waals surface area contributed by atoms with Crippen molar-refractivity contribution in [3.05, 3.63) is 200 Å². The number of fused-ring (bicyclic) bond motifs is 4. The summed E-state index contributed by atoms with van der Waals surface area (Å²) in [5.41, 5.74) is 7.93. The zero-order chi connectivity index (χ0) is 31.6. The van der Waals surface area contributed by atoms with Crippen LogP contribution in [0.25, 0.3) is 24.3 Å². The van der Waals surface area contributed by atoms with E-state index >= 15 is 0 Å². The van der Waals surface area contributed by atoms with Crippen LogP contribution in [0.2, 0.25) is 0 Å². The number of benzene rings is 4. The van der Waals surface area contributed by atoms with Gasteiger partial charge >= 0.3 is 0 Å². The van der Waals surface area contributed by atoms with Gasteiger partial charge in [0.15, 0.2) is 23.1 Å². The molecule has 2 aliphatic rings. The van der Waals surface area contributed by atoms with Crippen LogP contribution in [0.3, 0.4) is 0 Å². The van der Waals surface area contributed by atoms with Gasteiger partial charge in [0.25, 0.3) is 0 Å². The van der Waals surface area contributed by atoms with Crippen molar-refractivity contribution in [2.24, 2.45) is 0 Å². The van der Waals surface area contributed by atoms with E-state index in [9.17, 15) is 19.2 Å². The van der Waals surface area contributed by atoms with Gasteiger partial charge in [-0.3, -0.25) is 19.2 Å². The monoisotopic (exact) mass is 650 g/mol. The predicted octanol–water partition coefficient (Wildman–Crippen LogP) is 8.70. The van der Waals surface area contributed by atoms with Crippen LogP contribution < -0.4 is 0 Å². The molecule has 0 aromatic heterocycles. The van der Waals surface area contributed by atoms with Crippen molar-refractivity contribution in [2.45, 2.75) is 0 Å². The first kappa shape index (κ1) is 31.3. The summed E-state index contributed by atoms with van der Waals surface area (Å²) in [6, 6.07) is 40.8. The van der Waals surface area contributed by atoms with E-state index in [1.54, 1.807) is 72.8 Å². The quantitative estimate of drug-likeness (QED) is 0.141. The summed E-state index contributed by atoms with van der Waals surface area (Å²) in [7, 11) is 0. The van der Waals surface area contributed by atoms with Crippen molar-refractivity contribution in [3.63, 3.8) is 0 Å². The van der Waals surface area contributed by atoms with Crippen LogP contribution in [0.5, 0.6) is 0 Å². The van der Waals surface area contributed by atoms with E-state index in [2.05, 4.69) is 0 Å². The first-order valence-electron chi connectivity index (χ1n) is 14.9. The maximum absolute atomic E-state index is 12.7. The summed E-state index contributed by atoms with van der Waals surface area (Å²) in [5.74, 6) is -0.332. The van der Waals surface area contributed by atoms with Gasteiger partial charge in [-0.1, -0.05) is 96.1 Å². The first-order chi connectivity index (χ1) is 22.5. The Bertz CT molecular complexity index is 2050. The van der Waals surface area contributed by atoms with Crippen molar-refractivity contribution >= 4 is 47.4 Å². The van der Waals surface area contributed by atoms with Crippen molar-refractivity contribution in [3.8, 4) is 0 Å². The third-order valence-corrected chi connectivity index (χ3v) is 8.21. The fourth-order valence-electron chi connectivity index (χ4n) is 5.83. The van der Waals surface area contributed by atoms with E-state index in [4.69, 9.17) is 0 Å². The van der Waals surface area contributed by atoms with Crippen LogP contribution in [-0.4, -0.2) is 23.1 Å². The molecule has 0 unspecified atom stereocenters. The smallest absolute Gasteiger partial charge is 0.194 e. The Morgan fingerprint density at radius 3 is 1.00 bits per heavy atom. The molecule has 5 heteroatoms. The van der Waals surface area contributed by atoms with Gasteiger partial charge in [0.2, 0.25) is 0 Å². The second kappa shape index (κ2) is 13.3. The molecular weight excluding hydrogens is 624 g/mol. The van der Waals surface area contributed by atoms with E-state index in [1.807, 2.05) is 85.0 Å². The Labute approximate surface area is 282 Å². The predicted molar refractivity (Wildman–Crippen MR) is 181 cm³/mol. The summed E-state index contributed by atoms with van der Waals surface area (Å²) in [5, 5.41) is 0. The van der Waals surface area contributed by atoms with Crippen LogP contribution >= 0.6 is 0 Å². The van der Waals surface area contributed by atoms with Crippen LogP contribution in [0.1, 0.15) is 85.9 Å². The molecule has 0 radical (unpaired) electrons. The molecule has 2 aliphatic carbocycles. The Hall–Kier alpha value is -5.74. The molecule has 47 heavy (non-hydrogen) atoms. The topological polar surface area (TPSA) is 68.3 Å². The van der Waals surface area contributed by atoms with E-state index in [0.717, 1.165) is 22.3 Å². The van der Waals surface area contributed by atoms with E-state index in [0.29, 0.717) is 44.5 Å². The number of hydrogen-bond acceptors (Lipinski definition) is 4. The molecule has 0 fully saturated rings. The zero-order valence-electron chi connectivity index (χ0n) is 25.0. The Morgan fingerprint density at radius 1 is 0.362 bits per heavy atom. The van der Waals surface area contributed by atoms with Gasteiger partial charge in [-0.2, -0.15) is 24.3 Å². The number of carbonyl (C=O) groups excluding carboxylic acids is 4. The third kappa shape index (κ3) is 6.10. The van der Waals surface area contributed by atoms with Gasteiger partial charge in [-0.15, -0.1) is 59.7 Å². The summed E-state index contributed by atoms with van der Waals surface area (Å²) in [4.78, 5) is 50.4. The first-order valence-corrected chi connectivity index (χ1v) is 14.9. The van der Waals surface area contributed by atoms with Crippen LogP contribution in [-0.2, 0) is 17.1 Å². The van der Waals surface area contributed by atoms with E-state index < -0.39 is 0 Å². The second-order valence-electron chi connectivity index (χ2n) is 11.1. The largest absolute Gasteiger partial charge is 0.289 e. The number of hydrogen-bond donors (Lipinski definition) is 0. The van der Waals surface area contributed by atoms with Crippen molar-refractivity contribution in [2.75, 3.05) is 0 Å². The van der Waals surface area contributed by atoms with Gasteiger partial charge in [0.1, 0.15) is 0 Å². The Kier molecular flexibility index (Phi) is 8.86. The third-order valence-electron chi connectivity index (χ3n) is 8.21. The molecule has 6 aromatic carbocycles. The average Bonchev–Trinajstić information content (AvgIpc) is 3.83. The molecule has 8 rings (SSSR count). The van der Waals surface area contributed by atoms with Crippen molar-refractivity contribution < 1.29 is 36.2 Å². The SMILES string of the molecule is O=C1c2ccccc2C(=O)c2cc(C=C[c-]3cccc3)ccc21.O=C1c2ccccc2C(=O)c2cc(C=C[c-]3cccc3)ccc21.[Fe]. The second-order valence-corrected chi connectivity index (χ2v) is 11.1. The molecular formula is C42H26FeO4-2. The number of rotatable bonds is 4. The molecule has 0 saturated heterocycles. The fourth-order valence-corrected chi connectivity index (χ4v) is 5.83. The van der Waals surface area contributed by atoms with Gasteiger partial charge in [-0.05, 0) is 0 Å². The average molecular weight is 651 g/mol. The summed E-state index contributed by atoms with van der Waals surface area (Å²) < 4.78 is 0. The minimum Gasteiger partial charge on any atom is -0.289 e. The maximum Gasteiger partial charge on any atom is 0.194 e. The molecule has 0 aliphatic heterocycles. The minimum atomic E-state index is -0.0845. The zero-order valence-corrected chi connectivity index (χ0v) is 26.1. The van der Waals surface area contributed by atoms with Crippen molar-refractivity contribution in [1.82, 2.24) is 0 Å². The maximum atomic E-state index is 12.7. The number of carbonyl (C=O) groups is 4. The summed E-state index contributed by atoms with van der Waals surface area (Å²) >= 11 is 0. The molecule has 0 atom stereocenters. The van der Waals surface area contributed by atoms with Crippen LogP contribution in [0.4, 0.5) is 0 Å². The van der Waals surface area contributed by atoms with Crippen molar-refractivity contribution in [1.29, 1.82) is 0 Å². The summed E-state index contributed by atoms with van der Waals surface area (Å²) in [6.07, 6.45) is 7.89. The fraction of sp³-hybridized carbons (Fsp3) is 0. The van der Waals surface area contributed by atoms with E-state index in [-0.39, 0.29) is 40.2 Å². The molecule has 6 aromatic rings. The van der Waals surface area contributed by atoms with E-state index in [1.165, 1.54) is 0 Å².